The molecule has 0 aliphatic heterocycles. The van der Waals surface area contributed by atoms with Crippen molar-refractivity contribution in [2.45, 2.75) is 20.0 Å². The number of ether oxygens (including phenoxy) is 3. The maximum atomic E-state index is 12.4. The van der Waals surface area contributed by atoms with Crippen molar-refractivity contribution < 1.29 is 28.6 Å². The maximum Gasteiger partial charge on any atom is 0.357 e. The molecule has 1 aromatic heterocycles. The Bertz CT molecular complexity index is 942. The van der Waals surface area contributed by atoms with Gasteiger partial charge in [0, 0.05) is 18.1 Å². The van der Waals surface area contributed by atoms with Crippen LogP contribution in [0.1, 0.15) is 36.0 Å². The lowest BCUT2D eigenvalue weighted by atomic mass is 9.97. The number of methoxy groups -OCH3 is 1. The van der Waals surface area contributed by atoms with Crippen LogP contribution in [0.5, 0.6) is 0 Å². The SMILES string of the molecule is C=C(C(=O)OC)C(OC(C)=O)c1cc(-c2ccccc2)c(C(=O)OCC)nc1Cl. The van der Waals surface area contributed by atoms with Gasteiger partial charge in [-0.05, 0) is 18.6 Å². The van der Waals surface area contributed by atoms with E-state index in [0.29, 0.717) is 11.1 Å². The first-order valence-corrected chi connectivity index (χ1v) is 9.05. The Balaban J connectivity index is 2.70. The van der Waals surface area contributed by atoms with Crippen molar-refractivity contribution in [1.29, 1.82) is 0 Å². The minimum atomic E-state index is -1.24. The van der Waals surface area contributed by atoms with E-state index in [1.165, 1.54) is 20.1 Å². The van der Waals surface area contributed by atoms with Crippen LogP contribution in [0.2, 0.25) is 5.15 Å². The molecule has 0 spiro atoms. The third-order valence-corrected chi connectivity index (χ3v) is 4.19. The molecular weight excluding hydrogens is 398 g/mol. The van der Waals surface area contributed by atoms with Gasteiger partial charge in [-0.15, -0.1) is 0 Å². The Hall–Kier alpha value is -3.19. The summed E-state index contributed by atoms with van der Waals surface area (Å²) in [6, 6.07) is 10.5. The first-order chi connectivity index (χ1) is 13.8. The van der Waals surface area contributed by atoms with Crippen molar-refractivity contribution >= 4 is 29.5 Å². The highest BCUT2D eigenvalue weighted by molar-refractivity contribution is 6.30. The average Bonchev–Trinajstić information content (AvgIpc) is 2.71. The minimum absolute atomic E-state index is 0.00273. The normalized spacial score (nSPS) is 11.3. The third-order valence-electron chi connectivity index (χ3n) is 3.89. The molecule has 0 saturated carbocycles. The minimum Gasteiger partial charge on any atom is -0.466 e. The largest absolute Gasteiger partial charge is 0.466 e. The second-order valence-corrected chi connectivity index (χ2v) is 6.22. The molecule has 152 valence electrons. The molecular formula is C21H20ClNO6. The van der Waals surface area contributed by atoms with Crippen LogP contribution in [-0.4, -0.2) is 36.6 Å². The molecule has 0 bridgehead atoms. The van der Waals surface area contributed by atoms with Gasteiger partial charge < -0.3 is 14.2 Å². The van der Waals surface area contributed by atoms with Gasteiger partial charge in [-0.1, -0.05) is 48.5 Å². The zero-order valence-corrected chi connectivity index (χ0v) is 17.0. The van der Waals surface area contributed by atoms with Crippen LogP contribution in [-0.2, 0) is 23.8 Å². The van der Waals surface area contributed by atoms with Crippen molar-refractivity contribution in [3.8, 4) is 11.1 Å². The van der Waals surface area contributed by atoms with Crippen molar-refractivity contribution in [2.75, 3.05) is 13.7 Å². The predicted molar refractivity (Wildman–Crippen MR) is 106 cm³/mol. The van der Waals surface area contributed by atoms with Crippen LogP contribution in [0.15, 0.2) is 48.6 Å². The molecule has 2 aromatic rings. The van der Waals surface area contributed by atoms with Gasteiger partial charge in [0.05, 0.1) is 19.3 Å². The van der Waals surface area contributed by atoms with E-state index in [4.69, 9.17) is 21.1 Å². The number of carbonyl (C=O) groups is 3. The summed E-state index contributed by atoms with van der Waals surface area (Å²) in [7, 11) is 1.18. The molecule has 2 rings (SSSR count). The van der Waals surface area contributed by atoms with E-state index in [0.717, 1.165) is 0 Å². The first-order valence-electron chi connectivity index (χ1n) is 8.67. The number of hydrogen-bond acceptors (Lipinski definition) is 7. The molecule has 0 aliphatic carbocycles. The van der Waals surface area contributed by atoms with Crippen molar-refractivity contribution in [3.63, 3.8) is 0 Å². The summed E-state index contributed by atoms with van der Waals surface area (Å²) in [5.74, 6) is -2.09. The number of rotatable bonds is 7. The smallest absolute Gasteiger partial charge is 0.357 e. The molecule has 0 radical (unpaired) electrons. The molecule has 7 nitrogen and oxygen atoms in total. The summed E-state index contributed by atoms with van der Waals surface area (Å²) in [4.78, 5) is 40.2. The van der Waals surface area contributed by atoms with E-state index < -0.39 is 24.0 Å². The summed E-state index contributed by atoms with van der Waals surface area (Å²) in [6.07, 6.45) is -1.24. The Morgan fingerprint density at radius 3 is 2.41 bits per heavy atom. The van der Waals surface area contributed by atoms with E-state index in [-0.39, 0.29) is 28.6 Å². The van der Waals surface area contributed by atoms with Gasteiger partial charge in [0.25, 0.3) is 0 Å². The van der Waals surface area contributed by atoms with E-state index in [1.54, 1.807) is 31.2 Å². The molecule has 0 amide bonds. The number of benzene rings is 1. The fraction of sp³-hybridized carbons (Fsp3) is 0.238. The molecule has 1 aromatic carbocycles. The number of hydrogen-bond donors (Lipinski definition) is 0. The van der Waals surface area contributed by atoms with Crippen molar-refractivity contribution in [2.24, 2.45) is 0 Å². The zero-order chi connectivity index (χ0) is 21.6. The summed E-state index contributed by atoms with van der Waals surface area (Å²) >= 11 is 6.30. The molecule has 1 unspecified atom stereocenters. The number of aromatic nitrogens is 1. The molecule has 0 saturated heterocycles. The molecule has 0 aliphatic rings. The number of nitrogens with zero attached hydrogens (tertiary/aromatic N) is 1. The van der Waals surface area contributed by atoms with Crippen LogP contribution in [0.25, 0.3) is 11.1 Å². The molecule has 29 heavy (non-hydrogen) atoms. The second kappa shape index (κ2) is 9.84. The number of pyridine rings is 1. The topological polar surface area (TPSA) is 91.8 Å². The Kier molecular flexibility index (Phi) is 7.50. The van der Waals surface area contributed by atoms with Crippen LogP contribution in [0.4, 0.5) is 0 Å². The Morgan fingerprint density at radius 2 is 1.86 bits per heavy atom. The van der Waals surface area contributed by atoms with E-state index in [1.807, 2.05) is 6.07 Å². The monoisotopic (exact) mass is 417 g/mol. The maximum absolute atomic E-state index is 12.4. The standard InChI is InChI=1S/C21H20ClNO6/c1-5-28-21(26)17-15(14-9-7-6-8-10-14)11-16(19(22)23-17)18(29-13(3)24)12(2)20(25)27-4/h6-11,18H,2,5H2,1,3-4H3. The summed E-state index contributed by atoms with van der Waals surface area (Å²) in [5.41, 5.74) is 1.10. The highest BCUT2D eigenvalue weighted by Gasteiger charge is 2.30. The number of halogens is 1. The van der Waals surface area contributed by atoms with Gasteiger partial charge in [0.1, 0.15) is 5.15 Å². The lowest BCUT2D eigenvalue weighted by molar-refractivity contribution is -0.147. The first kappa shape index (κ1) is 22.1. The van der Waals surface area contributed by atoms with Gasteiger partial charge in [0.15, 0.2) is 11.8 Å². The average molecular weight is 418 g/mol. The lowest BCUT2D eigenvalue weighted by Gasteiger charge is -2.21. The Morgan fingerprint density at radius 1 is 1.21 bits per heavy atom. The van der Waals surface area contributed by atoms with Crippen LogP contribution < -0.4 is 0 Å². The molecule has 1 heterocycles. The second-order valence-electron chi connectivity index (χ2n) is 5.86. The van der Waals surface area contributed by atoms with Gasteiger partial charge in [-0.25, -0.2) is 14.6 Å². The van der Waals surface area contributed by atoms with Crippen LogP contribution in [0.3, 0.4) is 0 Å². The van der Waals surface area contributed by atoms with E-state index in [9.17, 15) is 14.4 Å². The highest BCUT2D eigenvalue weighted by Crippen LogP contribution is 2.35. The predicted octanol–water partition coefficient (Wildman–Crippen LogP) is 3.91. The number of carbonyl (C=O) groups excluding carboxylic acids is 3. The summed E-state index contributed by atoms with van der Waals surface area (Å²) in [6.45, 7) is 6.67. The lowest BCUT2D eigenvalue weighted by Crippen LogP contribution is -2.19. The summed E-state index contributed by atoms with van der Waals surface area (Å²) < 4.78 is 15.0. The fourth-order valence-electron chi connectivity index (χ4n) is 2.61. The van der Waals surface area contributed by atoms with Crippen LogP contribution >= 0.6 is 11.6 Å². The van der Waals surface area contributed by atoms with Gasteiger partial charge in [-0.3, -0.25) is 4.79 Å². The summed E-state index contributed by atoms with van der Waals surface area (Å²) in [5, 5.41) is -0.135. The third kappa shape index (κ3) is 5.20. The van der Waals surface area contributed by atoms with Gasteiger partial charge in [0.2, 0.25) is 0 Å². The van der Waals surface area contributed by atoms with E-state index in [2.05, 4.69) is 16.3 Å². The molecule has 8 heteroatoms. The molecule has 1 atom stereocenters. The number of esters is 3. The van der Waals surface area contributed by atoms with Gasteiger partial charge in [-0.2, -0.15) is 0 Å². The van der Waals surface area contributed by atoms with E-state index >= 15 is 0 Å². The molecule has 0 N–H and O–H groups in total. The highest BCUT2D eigenvalue weighted by atomic mass is 35.5. The quantitative estimate of drug-likeness (QED) is 0.292. The zero-order valence-electron chi connectivity index (χ0n) is 16.2. The van der Waals surface area contributed by atoms with Crippen molar-refractivity contribution in [3.05, 3.63) is 65.0 Å². The molecule has 0 fully saturated rings. The van der Waals surface area contributed by atoms with Crippen LogP contribution in [0, 0.1) is 0 Å². The van der Waals surface area contributed by atoms with Gasteiger partial charge >= 0.3 is 17.9 Å². The fourth-order valence-corrected chi connectivity index (χ4v) is 2.85. The Labute approximate surface area is 173 Å². The van der Waals surface area contributed by atoms with Crippen molar-refractivity contribution in [1.82, 2.24) is 4.98 Å².